The van der Waals surface area contributed by atoms with Crippen molar-refractivity contribution in [1.29, 1.82) is 10.5 Å². The first-order chi connectivity index (χ1) is 23.3. The van der Waals surface area contributed by atoms with Gasteiger partial charge in [-0.05, 0) is 87.3 Å². The highest BCUT2D eigenvalue weighted by atomic mass is 19.4. The normalized spacial score (nSPS) is 11.7. The summed E-state index contributed by atoms with van der Waals surface area (Å²) in [5.74, 6) is 3.83. The average Bonchev–Trinajstić information content (AvgIpc) is 3.08. The lowest BCUT2D eigenvalue weighted by atomic mass is 9.62. The molecule has 0 fully saturated rings. The molecule has 0 aliphatic rings. The molecule has 2 aromatic rings. The van der Waals surface area contributed by atoms with E-state index in [0.29, 0.717) is 54.0 Å². The fourth-order valence-electron chi connectivity index (χ4n) is 4.79. The Balaban J connectivity index is 0.00000589. The van der Waals surface area contributed by atoms with E-state index in [4.69, 9.17) is 5.26 Å². The molecule has 2 atom stereocenters. The third-order valence-corrected chi connectivity index (χ3v) is 7.54. The van der Waals surface area contributed by atoms with Gasteiger partial charge in [-0.2, -0.15) is 13.2 Å². The minimum absolute atomic E-state index is 0.287. The number of anilines is 1. The third kappa shape index (κ3) is 15.0. The molecule has 49 heavy (non-hydrogen) atoms. The molecule has 0 aliphatic carbocycles. The van der Waals surface area contributed by atoms with Gasteiger partial charge in [-0.15, -0.1) is 0 Å². The first kappa shape index (κ1) is 42.4. The van der Waals surface area contributed by atoms with E-state index in [1.807, 2.05) is 34.0 Å². The molecule has 2 rings (SSSR count). The number of nitrogens with one attached hydrogen (secondary N) is 2. The second-order valence-electron chi connectivity index (χ2n) is 11.3. The van der Waals surface area contributed by atoms with Crippen LogP contribution in [-0.2, 0) is 12.6 Å². The highest BCUT2D eigenvalue weighted by molar-refractivity contribution is 6.47. The lowest BCUT2D eigenvalue weighted by molar-refractivity contribution is -0.137. The first-order valence-electron chi connectivity index (χ1n) is 16.2. The van der Waals surface area contributed by atoms with Gasteiger partial charge in [-0.25, -0.2) is 10.5 Å². The molecule has 7 nitrogen and oxygen atoms in total. The summed E-state index contributed by atoms with van der Waals surface area (Å²) >= 11 is 0. The number of hydrogen-bond donors (Lipinski definition) is 2. The molecular formula is C37H48B2F3N7. The summed E-state index contributed by atoms with van der Waals surface area (Å²) in [5.41, 5.74) is 3.98. The zero-order chi connectivity index (χ0) is 37.0. The topological polar surface area (TPSA) is 91.0 Å². The van der Waals surface area contributed by atoms with Crippen LogP contribution in [0.3, 0.4) is 0 Å². The number of benzene rings is 1. The number of rotatable bonds is 21. The number of alkyl halides is 3. The van der Waals surface area contributed by atoms with Crippen LogP contribution in [-0.4, -0.2) is 69.1 Å². The van der Waals surface area contributed by atoms with Crippen molar-refractivity contribution in [2.45, 2.75) is 57.5 Å². The molecule has 12 heteroatoms. The number of aromatic nitrogens is 1. The van der Waals surface area contributed by atoms with Gasteiger partial charge in [0.05, 0.1) is 29.2 Å². The van der Waals surface area contributed by atoms with Crippen molar-refractivity contribution in [2.75, 3.05) is 39.0 Å². The van der Waals surface area contributed by atoms with E-state index in [9.17, 15) is 18.4 Å². The quantitative estimate of drug-likeness (QED) is 0.104. The predicted molar refractivity (Wildman–Crippen MR) is 200 cm³/mol. The standard InChI is InChI=1S/C35H42B2F3N7.C2H6/c1-8-29-21-31(22-43-33(29)9-2)44-27(5)34(20-28-11-13-30(14-12-28)35(38,39)40)45-26(4)32(37-24-42)15-10-25(3)47(17-16-36-23-41)19-18-46(6)7;1-2/h8-9,11-14,21-22,32,34,44-45H,1-5,10,15-20H2,6-7H3;1-2H3. The number of halogens is 3. The van der Waals surface area contributed by atoms with Gasteiger partial charge < -0.3 is 20.4 Å². The third-order valence-electron chi connectivity index (χ3n) is 7.54. The first-order valence-corrected chi connectivity index (χ1v) is 16.2. The van der Waals surface area contributed by atoms with Crippen molar-refractivity contribution in [1.82, 2.24) is 20.1 Å². The van der Waals surface area contributed by atoms with E-state index in [0.717, 1.165) is 36.5 Å². The van der Waals surface area contributed by atoms with Crippen LogP contribution >= 0.6 is 0 Å². The van der Waals surface area contributed by atoms with Gasteiger partial charge in [-0.3, -0.25) is 4.98 Å². The fraction of sp³-hybridized carbons (Fsp3) is 0.378. The van der Waals surface area contributed by atoms with Crippen LogP contribution in [0, 0.1) is 22.5 Å². The highest BCUT2D eigenvalue weighted by Crippen LogP contribution is 2.30. The minimum Gasteiger partial charge on any atom is -0.381 e. The van der Waals surface area contributed by atoms with Gasteiger partial charge in [0.15, 0.2) is 0 Å². The largest absolute Gasteiger partial charge is 0.416 e. The number of likely N-dealkylation sites (N-methyl/N-ethyl adjacent to an activating group) is 1. The molecule has 2 N–H and O–H groups in total. The van der Waals surface area contributed by atoms with Gasteiger partial charge >= 0.3 is 6.18 Å². The van der Waals surface area contributed by atoms with Crippen LogP contribution in [0.15, 0.2) is 86.5 Å². The van der Waals surface area contributed by atoms with E-state index in [-0.39, 0.29) is 12.2 Å². The monoisotopic (exact) mass is 669 g/mol. The van der Waals surface area contributed by atoms with Crippen LogP contribution in [0.1, 0.15) is 49.1 Å². The molecule has 258 valence electrons. The summed E-state index contributed by atoms with van der Waals surface area (Å²) in [4.78, 5) is 8.62. The van der Waals surface area contributed by atoms with Gasteiger partial charge in [0.1, 0.15) is 0 Å². The molecule has 1 aromatic heterocycles. The van der Waals surface area contributed by atoms with E-state index in [2.05, 4.69) is 70.2 Å². The summed E-state index contributed by atoms with van der Waals surface area (Å²) in [6, 6.07) is 6.33. The summed E-state index contributed by atoms with van der Waals surface area (Å²) in [6.07, 6.45) is 2.50. The van der Waals surface area contributed by atoms with Gasteiger partial charge in [0.25, 0.3) is 14.6 Å². The average molecular weight is 669 g/mol. The number of pyridine rings is 1. The molecular weight excluding hydrogens is 621 g/mol. The van der Waals surface area contributed by atoms with Crippen LogP contribution in [0.4, 0.5) is 18.9 Å². The number of nitriles is 2. The molecule has 0 bridgehead atoms. The molecule has 1 aromatic carbocycles. The van der Waals surface area contributed by atoms with E-state index >= 15 is 0 Å². The smallest absolute Gasteiger partial charge is 0.381 e. The summed E-state index contributed by atoms with van der Waals surface area (Å²) in [7, 11) is 7.06. The molecule has 0 amide bonds. The lowest BCUT2D eigenvalue weighted by Gasteiger charge is -2.30. The Kier molecular flexibility index (Phi) is 19.1. The Morgan fingerprint density at radius 1 is 1.00 bits per heavy atom. The van der Waals surface area contributed by atoms with Crippen molar-refractivity contribution < 1.29 is 13.2 Å². The molecule has 0 spiro atoms. The maximum Gasteiger partial charge on any atom is 0.416 e. The summed E-state index contributed by atoms with van der Waals surface area (Å²) in [6.45, 7) is 26.6. The fourth-order valence-corrected chi connectivity index (χ4v) is 4.79. The van der Waals surface area contributed by atoms with Crippen molar-refractivity contribution in [3.8, 4) is 11.9 Å². The van der Waals surface area contributed by atoms with Crippen LogP contribution < -0.4 is 10.6 Å². The van der Waals surface area contributed by atoms with E-state index < -0.39 is 17.8 Å². The maximum atomic E-state index is 13.2. The Hall–Kier alpha value is -4.67. The van der Waals surface area contributed by atoms with Crippen LogP contribution in [0.5, 0.6) is 0 Å². The Labute approximate surface area is 293 Å². The summed E-state index contributed by atoms with van der Waals surface area (Å²) in [5, 5.41) is 25.2. The van der Waals surface area contributed by atoms with Crippen molar-refractivity contribution in [3.63, 3.8) is 0 Å². The molecule has 0 saturated carbocycles. The second kappa shape index (κ2) is 22.1. The van der Waals surface area contributed by atoms with E-state index in [1.165, 1.54) is 19.4 Å². The molecule has 1 heterocycles. The molecule has 0 saturated heterocycles. The second-order valence-corrected chi connectivity index (χ2v) is 11.3. The van der Waals surface area contributed by atoms with Crippen molar-refractivity contribution >= 4 is 32.4 Å². The number of nitrogens with zero attached hydrogens (tertiary/aromatic N) is 5. The Bertz CT molecular complexity index is 1470. The number of allylic oxidation sites excluding steroid dienone is 2. The predicted octanol–water partition coefficient (Wildman–Crippen LogP) is 7.79. The summed E-state index contributed by atoms with van der Waals surface area (Å²) < 4.78 is 39.6. The SMILES string of the molecule is C=Cc1cc(NC(=C)C(Cc2ccc(C(F)(F)F)cc2)NC(=C)C([B]C#N)CCC(=C)N(CC[B]C#N)CCN(C)C)cnc1C=C.CC. The molecule has 2 radical (unpaired) electrons. The van der Waals surface area contributed by atoms with Crippen molar-refractivity contribution in [3.05, 3.63) is 109 Å². The van der Waals surface area contributed by atoms with Crippen LogP contribution in [0.25, 0.3) is 12.2 Å². The van der Waals surface area contributed by atoms with Gasteiger partial charge in [0, 0.05) is 42.3 Å². The zero-order valence-electron chi connectivity index (χ0n) is 29.3. The highest BCUT2D eigenvalue weighted by Gasteiger charge is 2.30. The Morgan fingerprint density at radius 3 is 2.22 bits per heavy atom. The number of hydrogen-bond acceptors (Lipinski definition) is 7. The minimum atomic E-state index is -4.44. The van der Waals surface area contributed by atoms with Gasteiger partial charge in [-0.1, -0.05) is 65.0 Å². The Morgan fingerprint density at radius 2 is 1.67 bits per heavy atom. The van der Waals surface area contributed by atoms with E-state index in [1.54, 1.807) is 25.6 Å². The zero-order valence-corrected chi connectivity index (χ0v) is 29.3. The molecule has 2 unspecified atom stereocenters. The lowest BCUT2D eigenvalue weighted by Crippen LogP contribution is -2.36. The van der Waals surface area contributed by atoms with Crippen LogP contribution in [0.2, 0.25) is 12.1 Å². The maximum absolute atomic E-state index is 13.2. The van der Waals surface area contributed by atoms with Crippen molar-refractivity contribution in [2.24, 2.45) is 0 Å². The van der Waals surface area contributed by atoms with Gasteiger partial charge in [0.2, 0.25) is 0 Å². The molecule has 0 aliphatic heterocycles.